The van der Waals surface area contributed by atoms with Crippen molar-refractivity contribution in [1.29, 1.82) is 0 Å². The van der Waals surface area contributed by atoms with Crippen LogP contribution in [-0.2, 0) is 0 Å². The van der Waals surface area contributed by atoms with Gasteiger partial charge >= 0.3 is 0 Å². The molecule has 0 N–H and O–H groups in total. The standard InChI is InChI=1S/C44H28O/c1-3-13-29(14-4-1)30-23-25-32(26-24-30)41-34-17-7-9-19-36(34)42(37-20-10-8-18-35(37)41)39-28-27-33(31-15-5-2-6-16-31)44-43(39)38-21-11-12-22-40(38)45-44/h1-28H/i1D,2D,3D,4D,5D,6D,11D,12D,13D,14D,15D,16D,21D,22D,27D,28D. The molecule has 0 bridgehead atoms. The van der Waals surface area contributed by atoms with Crippen molar-refractivity contribution in [3.05, 3.63) is 169 Å². The zero-order valence-corrected chi connectivity index (χ0v) is 23.3. The van der Waals surface area contributed by atoms with E-state index in [-0.39, 0.29) is 50.7 Å². The van der Waals surface area contributed by atoms with Crippen LogP contribution >= 0.6 is 0 Å². The van der Waals surface area contributed by atoms with Crippen molar-refractivity contribution in [2.24, 2.45) is 0 Å². The molecule has 1 nitrogen and oxygen atoms in total. The molecule has 1 heterocycles. The normalized spacial score (nSPS) is 16.5. The summed E-state index contributed by atoms with van der Waals surface area (Å²) in [7, 11) is 0. The monoisotopic (exact) mass is 588 g/mol. The molecule has 210 valence electrons. The molecule has 45 heavy (non-hydrogen) atoms. The maximum Gasteiger partial charge on any atom is 0.143 e. The Morgan fingerprint density at radius 1 is 0.378 bits per heavy atom. The molecule has 1 heteroatoms. The molecule has 0 aliphatic rings. The molecular formula is C44H28O. The van der Waals surface area contributed by atoms with Crippen molar-refractivity contribution < 1.29 is 26.3 Å². The summed E-state index contributed by atoms with van der Waals surface area (Å²) in [6, 6.07) is 12.9. The maximum absolute atomic E-state index is 9.74. The predicted molar refractivity (Wildman–Crippen MR) is 190 cm³/mol. The average Bonchev–Trinajstić information content (AvgIpc) is 3.66. The van der Waals surface area contributed by atoms with Gasteiger partial charge in [0, 0.05) is 16.3 Å². The second-order valence-corrected chi connectivity index (χ2v) is 10.4. The summed E-state index contributed by atoms with van der Waals surface area (Å²) < 4.78 is 145. The summed E-state index contributed by atoms with van der Waals surface area (Å²) in [5.41, 5.74) is 1.07. The van der Waals surface area contributed by atoms with E-state index in [4.69, 9.17) is 23.6 Å². The van der Waals surface area contributed by atoms with Crippen molar-refractivity contribution in [3.8, 4) is 44.5 Å². The molecule has 0 spiro atoms. The maximum atomic E-state index is 9.74. The van der Waals surface area contributed by atoms with E-state index in [0.717, 1.165) is 5.56 Å². The first kappa shape index (κ1) is 14.2. The Morgan fingerprint density at radius 2 is 0.889 bits per heavy atom. The molecule has 0 unspecified atom stereocenters. The van der Waals surface area contributed by atoms with E-state index in [1.807, 2.05) is 36.4 Å². The third kappa shape index (κ3) is 4.09. The Morgan fingerprint density at radius 3 is 1.53 bits per heavy atom. The van der Waals surface area contributed by atoms with Crippen molar-refractivity contribution in [1.82, 2.24) is 0 Å². The number of fused-ring (bicyclic) bond motifs is 5. The minimum Gasteiger partial charge on any atom is -0.455 e. The van der Waals surface area contributed by atoms with Gasteiger partial charge in [-0.1, -0.05) is 157 Å². The molecule has 0 saturated carbocycles. The molecule has 0 aliphatic heterocycles. The molecule has 8 aromatic carbocycles. The van der Waals surface area contributed by atoms with Crippen LogP contribution in [0.5, 0.6) is 0 Å². The van der Waals surface area contributed by atoms with Crippen LogP contribution in [0.15, 0.2) is 174 Å². The van der Waals surface area contributed by atoms with E-state index in [1.165, 1.54) is 0 Å². The van der Waals surface area contributed by atoms with E-state index >= 15 is 0 Å². The van der Waals surface area contributed by atoms with Crippen LogP contribution in [0.25, 0.3) is 88.0 Å². The van der Waals surface area contributed by atoms with Crippen molar-refractivity contribution in [2.75, 3.05) is 0 Å². The van der Waals surface area contributed by atoms with E-state index in [2.05, 4.69) is 0 Å². The summed E-state index contributed by atoms with van der Waals surface area (Å²) >= 11 is 0. The molecule has 0 fully saturated rings. The lowest BCUT2D eigenvalue weighted by molar-refractivity contribution is 0.670. The van der Waals surface area contributed by atoms with Crippen LogP contribution < -0.4 is 0 Å². The largest absolute Gasteiger partial charge is 0.455 e. The Balaban J connectivity index is 1.42. The van der Waals surface area contributed by atoms with Gasteiger partial charge in [-0.2, -0.15) is 0 Å². The van der Waals surface area contributed by atoms with Crippen LogP contribution in [0.2, 0.25) is 0 Å². The zero-order chi connectivity index (χ0) is 43.7. The number of rotatable bonds is 4. The lowest BCUT2D eigenvalue weighted by Gasteiger charge is -2.19. The molecule has 0 aliphatic carbocycles. The summed E-state index contributed by atoms with van der Waals surface area (Å²) in [6.07, 6.45) is 0. The number of para-hydroxylation sites is 1. The minimum absolute atomic E-state index is 0.00385. The average molecular weight is 589 g/mol. The fraction of sp³-hybridized carbons (Fsp3) is 0. The SMILES string of the molecule is [2H]c1c([2H])c([2H])c(-c2ccc(-c3c4ccccc4c(-c4c([2H])c([2H])c(-c5c([2H])c([2H])c([2H])c([2H])c5[2H])c5oc6c([2H])c([2H])c([2H])c([2H])c6c45)c4ccccc34)cc2)c([2H])c1[2H]. The lowest BCUT2D eigenvalue weighted by Crippen LogP contribution is -1.92. The number of hydrogen-bond acceptors (Lipinski definition) is 1. The second-order valence-electron chi connectivity index (χ2n) is 10.4. The summed E-state index contributed by atoms with van der Waals surface area (Å²) in [4.78, 5) is 0. The molecule has 9 rings (SSSR count). The molecule has 0 amide bonds. The first-order valence-electron chi connectivity index (χ1n) is 22.1. The number of hydrogen-bond donors (Lipinski definition) is 0. The molecule has 9 aromatic rings. The van der Waals surface area contributed by atoms with Gasteiger partial charge in [-0.3, -0.25) is 0 Å². The summed E-state index contributed by atoms with van der Waals surface area (Å²) in [5.74, 6) is 0. The first-order chi connectivity index (χ1) is 29.0. The van der Waals surface area contributed by atoms with Gasteiger partial charge in [-0.05, 0) is 72.6 Å². The van der Waals surface area contributed by atoms with Gasteiger partial charge in [0.1, 0.15) is 11.2 Å². The summed E-state index contributed by atoms with van der Waals surface area (Å²) in [5, 5.41) is 2.39. The van der Waals surface area contributed by atoms with Gasteiger partial charge in [-0.25, -0.2) is 0 Å². The smallest absolute Gasteiger partial charge is 0.143 e. The predicted octanol–water partition coefficient (Wildman–Crippen LogP) is 12.6. The molecule has 0 saturated heterocycles. The van der Waals surface area contributed by atoms with Crippen LogP contribution in [0, 0.1) is 0 Å². The lowest BCUT2D eigenvalue weighted by atomic mass is 9.84. The fourth-order valence-electron chi connectivity index (χ4n) is 6.12. The minimum atomic E-state index is -0.687. The van der Waals surface area contributed by atoms with Gasteiger partial charge in [0.25, 0.3) is 0 Å². The highest BCUT2D eigenvalue weighted by atomic mass is 16.3. The van der Waals surface area contributed by atoms with Gasteiger partial charge in [0.05, 0.1) is 21.9 Å². The number of benzene rings is 8. The van der Waals surface area contributed by atoms with Crippen molar-refractivity contribution in [2.45, 2.75) is 0 Å². The third-order valence-electron chi connectivity index (χ3n) is 8.02. The Bertz CT molecular complexity index is 3310. The number of furan rings is 1. The topological polar surface area (TPSA) is 13.1 Å². The molecule has 1 aromatic heterocycles. The van der Waals surface area contributed by atoms with Gasteiger partial charge in [0.15, 0.2) is 0 Å². The second kappa shape index (κ2) is 10.4. The Labute approximate surface area is 284 Å². The van der Waals surface area contributed by atoms with Gasteiger partial charge < -0.3 is 4.42 Å². The molecular weight excluding hydrogens is 544 g/mol. The quantitative estimate of drug-likeness (QED) is 0.186. The fourth-order valence-corrected chi connectivity index (χ4v) is 6.12. The zero-order valence-electron chi connectivity index (χ0n) is 39.3. The van der Waals surface area contributed by atoms with Crippen LogP contribution in [-0.4, -0.2) is 0 Å². The Kier molecular flexibility index (Phi) is 3.28. The van der Waals surface area contributed by atoms with E-state index < -0.39 is 90.2 Å². The van der Waals surface area contributed by atoms with E-state index in [1.54, 1.807) is 36.4 Å². The molecule has 0 radical (unpaired) electrons. The first-order valence-corrected chi connectivity index (χ1v) is 14.1. The van der Waals surface area contributed by atoms with Gasteiger partial charge in [0.2, 0.25) is 0 Å². The van der Waals surface area contributed by atoms with Crippen LogP contribution in [0.3, 0.4) is 0 Å². The summed E-state index contributed by atoms with van der Waals surface area (Å²) in [6.45, 7) is 0. The molecule has 0 atom stereocenters. The highest BCUT2D eigenvalue weighted by Crippen LogP contribution is 2.48. The van der Waals surface area contributed by atoms with Crippen LogP contribution in [0.4, 0.5) is 0 Å². The third-order valence-corrected chi connectivity index (χ3v) is 8.02. The van der Waals surface area contributed by atoms with E-state index in [9.17, 15) is 2.74 Å². The van der Waals surface area contributed by atoms with Crippen molar-refractivity contribution in [3.63, 3.8) is 0 Å². The highest BCUT2D eigenvalue weighted by molar-refractivity contribution is 6.26. The van der Waals surface area contributed by atoms with Crippen molar-refractivity contribution >= 4 is 43.5 Å². The van der Waals surface area contributed by atoms with Crippen LogP contribution in [0.1, 0.15) is 21.9 Å². The van der Waals surface area contributed by atoms with Gasteiger partial charge in [-0.15, -0.1) is 0 Å². The Hall–Kier alpha value is -5.92. The van der Waals surface area contributed by atoms with E-state index in [0.29, 0.717) is 38.2 Å². The highest BCUT2D eigenvalue weighted by Gasteiger charge is 2.22.